The van der Waals surface area contributed by atoms with Crippen molar-refractivity contribution in [3.63, 3.8) is 0 Å². The van der Waals surface area contributed by atoms with Crippen molar-refractivity contribution in [1.29, 1.82) is 0 Å². The number of amides is 1. The first-order valence-electron chi connectivity index (χ1n) is 18.4. The summed E-state index contributed by atoms with van der Waals surface area (Å²) < 4.78 is 49.0. The van der Waals surface area contributed by atoms with Crippen molar-refractivity contribution < 1.29 is 49.3 Å². The molecular formula is C41H52BrF2N3O5. The van der Waals surface area contributed by atoms with Crippen LogP contribution in [0, 0.1) is 11.6 Å². The Labute approximate surface area is 316 Å². The van der Waals surface area contributed by atoms with Crippen LogP contribution < -0.4 is 41.5 Å². The summed E-state index contributed by atoms with van der Waals surface area (Å²) in [5.41, 5.74) is 0.483. The molecule has 52 heavy (non-hydrogen) atoms. The number of carbonyl (C=O) groups is 1. The van der Waals surface area contributed by atoms with Crippen molar-refractivity contribution in [2.24, 2.45) is 0 Å². The molecule has 8 nitrogen and oxygen atoms in total. The fraction of sp³-hybridized carbons (Fsp3) is 0.463. The average Bonchev–Trinajstić information content (AvgIpc) is 3.12. The van der Waals surface area contributed by atoms with Crippen LogP contribution >= 0.6 is 0 Å². The molecule has 0 aliphatic carbocycles. The Morgan fingerprint density at radius 2 is 1.50 bits per heavy atom. The molecule has 0 unspecified atom stereocenters. The van der Waals surface area contributed by atoms with Gasteiger partial charge in [0, 0.05) is 54.1 Å². The highest BCUT2D eigenvalue weighted by Gasteiger charge is 2.25. The number of quaternary nitrogens is 1. The van der Waals surface area contributed by atoms with E-state index in [1.165, 1.54) is 73.7 Å². The van der Waals surface area contributed by atoms with E-state index in [9.17, 15) is 18.4 Å². The second-order valence-corrected chi connectivity index (χ2v) is 13.8. The highest BCUT2D eigenvalue weighted by atomic mass is 79.9. The lowest BCUT2D eigenvalue weighted by atomic mass is 10.1. The van der Waals surface area contributed by atoms with Gasteiger partial charge in [-0.25, -0.2) is 8.78 Å². The minimum Gasteiger partial charge on any atom is -1.00 e. The SMILES string of the molecule is CCCOc1cc(OC)cc(-n2cc(C(=O)N(CC)c3cc(F)cc(F)c3)c(=O)c3ccc(OCCCCCCC[N+]4(C)CCCCC4)cc32)c1.[Br-]. The Kier molecular flexibility index (Phi) is 15.1. The van der Waals surface area contributed by atoms with Crippen molar-refractivity contribution >= 4 is 22.5 Å². The molecule has 2 heterocycles. The molecule has 0 radical (unpaired) electrons. The van der Waals surface area contributed by atoms with Gasteiger partial charge in [0.2, 0.25) is 5.43 Å². The topological polar surface area (TPSA) is 70.0 Å². The maximum atomic E-state index is 14.2. The average molecular weight is 785 g/mol. The number of aromatic nitrogens is 1. The number of carbonyl (C=O) groups excluding carboxylic acids is 1. The molecule has 0 N–H and O–H groups in total. The highest BCUT2D eigenvalue weighted by molar-refractivity contribution is 6.07. The van der Waals surface area contributed by atoms with Gasteiger partial charge in [-0.15, -0.1) is 0 Å². The standard InChI is InChI=1S/C41H52F2N3O5.BrH/c1-5-20-50-36-26-33(25-35(27-36)49-4)45-29-38(41(48)44(6-2)32-23-30(42)22-31(43)24-32)40(47)37-16-15-34(28-39(37)45)51-21-14-9-7-8-11-17-46(3)18-12-10-13-19-46;/h15-16,22-29H,5-14,17-21H2,1-4H3;1H/q+1;/p-1. The van der Waals surface area contributed by atoms with Crippen molar-refractivity contribution in [3.05, 3.63) is 88.2 Å². The first-order chi connectivity index (χ1) is 24.6. The minimum absolute atomic E-state index is 0. The van der Waals surface area contributed by atoms with Gasteiger partial charge in [-0.3, -0.25) is 9.59 Å². The minimum atomic E-state index is -0.820. The third kappa shape index (κ3) is 10.3. The zero-order chi connectivity index (χ0) is 36.4. The number of piperidine rings is 1. The molecule has 1 amide bonds. The highest BCUT2D eigenvalue weighted by Crippen LogP contribution is 2.30. The summed E-state index contributed by atoms with van der Waals surface area (Å²) >= 11 is 0. The Bertz CT molecular complexity index is 1840. The number of ether oxygens (including phenoxy) is 3. The number of methoxy groups -OCH3 is 1. The molecule has 3 aromatic carbocycles. The van der Waals surface area contributed by atoms with Gasteiger partial charge in [-0.1, -0.05) is 19.8 Å². The van der Waals surface area contributed by atoms with Crippen LogP contribution in [0.4, 0.5) is 14.5 Å². The number of likely N-dealkylation sites (tertiary alicyclic amines) is 1. The molecular weight excluding hydrogens is 732 g/mol. The summed E-state index contributed by atoms with van der Waals surface area (Å²) in [5.74, 6) is -0.620. The molecule has 0 bridgehead atoms. The van der Waals surface area contributed by atoms with Crippen LogP contribution in [0.3, 0.4) is 0 Å². The summed E-state index contributed by atoms with van der Waals surface area (Å²) in [6.07, 6.45) is 12.0. The lowest BCUT2D eigenvalue weighted by molar-refractivity contribution is -0.914. The maximum Gasteiger partial charge on any atom is 0.263 e. The van der Waals surface area contributed by atoms with E-state index in [0.717, 1.165) is 37.5 Å². The van der Waals surface area contributed by atoms with Crippen LogP contribution in [0.25, 0.3) is 16.6 Å². The molecule has 1 aromatic heterocycles. The van der Waals surface area contributed by atoms with Gasteiger partial charge in [0.15, 0.2) is 0 Å². The largest absolute Gasteiger partial charge is 1.00 e. The number of nitrogens with zero attached hydrogens (tertiary/aromatic N) is 3. The molecule has 4 aromatic rings. The van der Waals surface area contributed by atoms with E-state index in [0.29, 0.717) is 47.1 Å². The van der Waals surface area contributed by atoms with Gasteiger partial charge in [0.05, 0.1) is 58.2 Å². The van der Waals surface area contributed by atoms with E-state index in [1.807, 2.05) is 13.0 Å². The fourth-order valence-corrected chi connectivity index (χ4v) is 6.98. The van der Waals surface area contributed by atoms with Crippen LogP contribution in [0.5, 0.6) is 17.2 Å². The number of hydrogen-bond acceptors (Lipinski definition) is 5. The van der Waals surface area contributed by atoms with Crippen LogP contribution in [0.15, 0.2) is 65.6 Å². The van der Waals surface area contributed by atoms with E-state index in [1.54, 1.807) is 48.9 Å². The number of rotatable bonds is 17. The van der Waals surface area contributed by atoms with Crippen molar-refractivity contribution in [3.8, 4) is 22.9 Å². The van der Waals surface area contributed by atoms with Crippen molar-refractivity contribution in [2.45, 2.75) is 71.6 Å². The normalized spacial score (nSPS) is 13.7. The van der Waals surface area contributed by atoms with E-state index in [4.69, 9.17) is 14.2 Å². The summed E-state index contributed by atoms with van der Waals surface area (Å²) in [4.78, 5) is 29.2. The summed E-state index contributed by atoms with van der Waals surface area (Å²) in [5, 5.41) is 0.290. The quantitative estimate of drug-likeness (QED) is 0.102. The first-order valence-corrected chi connectivity index (χ1v) is 18.4. The van der Waals surface area contributed by atoms with Crippen LogP contribution in [0.1, 0.15) is 82.0 Å². The zero-order valence-electron chi connectivity index (χ0n) is 30.9. The summed E-state index contributed by atoms with van der Waals surface area (Å²) in [7, 11) is 3.96. The molecule has 0 spiro atoms. The molecule has 282 valence electrons. The van der Waals surface area contributed by atoms with Crippen molar-refractivity contribution in [2.75, 3.05) is 58.5 Å². The number of unbranched alkanes of at least 4 members (excludes halogenated alkanes) is 4. The zero-order valence-corrected chi connectivity index (χ0v) is 32.5. The second kappa shape index (κ2) is 19.2. The van der Waals surface area contributed by atoms with E-state index in [-0.39, 0.29) is 34.8 Å². The van der Waals surface area contributed by atoms with E-state index < -0.39 is 23.0 Å². The number of benzene rings is 3. The van der Waals surface area contributed by atoms with Gasteiger partial charge in [-0.2, -0.15) is 0 Å². The second-order valence-electron chi connectivity index (χ2n) is 13.8. The van der Waals surface area contributed by atoms with Gasteiger partial charge in [-0.05, 0) is 76.1 Å². The third-order valence-electron chi connectivity index (χ3n) is 9.79. The maximum absolute atomic E-state index is 14.2. The first kappa shape index (κ1) is 40.8. The van der Waals surface area contributed by atoms with E-state index in [2.05, 4.69) is 7.05 Å². The molecule has 0 atom stereocenters. The Balaban J connectivity index is 0.00000605. The fourth-order valence-electron chi connectivity index (χ4n) is 6.98. The molecule has 11 heteroatoms. The number of anilines is 1. The number of fused-ring (bicyclic) bond motifs is 1. The monoisotopic (exact) mass is 783 g/mol. The Morgan fingerprint density at radius 3 is 2.19 bits per heavy atom. The van der Waals surface area contributed by atoms with Crippen LogP contribution in [-0.2, 0) is 0 Å². The number of pyridine rings is 1. The molecule has 1 aliphatic rings. The summed E-state index contributed by atoms with van der Waals surface area (Å²) in [6, 6.07) is 13.5. The Morgan fingerprint density at radius 1 is 0.827 bits per heavy atom. The van der Waals surface area contributed by atoms with Crippen LogP contribution in [-0.4, -0.2) is 68.5 Å². The Hall–Kier alpha value is -3.96. The predicted molar refractivity (Wildman–Crippen MR) is 199 cm³/mol. The lowest BCUT2D eigenvalue weighted by Crippen LogP contribution is -3.00. The van der Waals surface area contributed by atoms with Gasteiger partial charge < -0.3 is 45.1 Å². The van der Waals surface area contributed by atoms with Gasteiger partial charge in [0.1, 0.15) is 34.4 Å². The molecule has 5 rings (SSSR count). The van der Waals surface area contributed by atoms with Gasteiger partial charge in [0.25, 0.3) is 5.91 Å². The molecule has 1 saturated heterocycles. The van der Waals surface area contributed by atoms with Crippen molar-refractivity contribution in [1.82, 2.24) is 4.57 Å². The van der Waals surface area contributed by atoms with Gasteiger partial charge >= 0.3 is 0 Å². The van der Waals surface area contributed by atoms with E-state index >= 15 is 0 Å². The molecule has 1 aliphatic heterocycles. The molecule has 0 saturated carbocycles. The smallest absolute Gasteiger partial charge is 0.263 e. The summed E-state index contributed by atoms with van der Waals surface area (Å²) in [6.45, 7) is 8.70. The predicted octanol–water partition coefficient (Wildman–Crippen LogP) is 5.70. The number of halogens is 3. The number of hydrogen-bond donors (Lipinski definition) is 0. The third-order valence-corrected chi connectivity index (χ3v) is 9.79. The molecule has 1 fully saturated rings. The lowest BCUT2D eigenvalue weighted by Gasteiger charge is -2.37. The van der Waals surface area contributed by atoms with Crippen LogP contribution in [0.2, 0.25) is 0 Å².